The fourth-order valence-corrected chi connectivity index (χ4v) is 5.26. The fraction of sp³-hybridized carbons (Fsp3) is 0.632. The van der Waals surface area contributed by atoms with Gasteiger partial charge in [-0.2, -0.15) is 0 Å². The van der Waals surface area contributed by atoms with Crippen molar-refractivity contribution in [1.29, 1.82) is 0 Å². The van der Waals surface area contributed by atoms with E-state index in [1.165, 1.54) is 17.7 Å². The molecule has 2 aromatic rings. The molecule has 0 radical (unpaired) electrons. The number of nitrogens with one attached hydrogen (secondary N) is 1. The summed E-state index contributed by atoms with van der Waals surface area (Å²) in [6, 6.07) is 0. The lowest BCUT2D eigenvalue weighted by molar-refractivity contribution is -0.0389. The van der Waals surface area contributed by atoms with Crippen LogP contribution < -0.4 is 5.56 Å². The molecule has 2 aliphatic heterocycles. The number of rotatable bonds is 3. The summed E-state index contributed by atoms with van der Waals surface area (Å²) >= 11 is 1.27. The number of H-pyrrole nitrogens is 1. The molecule has 8 nitrogen and oxygen atoms in total. The average molecular weight is 407 g/mol. The summed E-state index contributed by atoms with van der Waals surface area (Å²) < 4.78 is 5.38. The van der Waals surface area contributed by atoms with Crippen molar-refractivity contribution in [2.24, 2.45) is 0 Å². The minimum Gasteiger partial charge on any atom is -0.388 e. The van der Waals surface area contributed by atoms with E-state index in [4.69, 9.17) is 4.74 Å². The minimum atomic E-state index is -0.777. The lowest BCUT2D eigenvalue weighted by atomic mass is 9.94. The molecule has 152 valence electrons. The molecule has 0 unspecified atom stereocenters. The highest BCUT2D eigenvalue weighted by Gasteiger charge is 2.34. The Kier molecular flexibility index (Phi) is 5.50. The van der Waals surface area contributed by atoms with Crippen LogP contribution in [-0.4, -0.2) is 82.3 Å². The summed E-state index contributed by atoms with van der Waals surface area (Å²) in [6.07, 6.45) is 3.36. The number of aryl methyl sites for hydroxylation is 1. The zero-order valence-electron chi connectivity index (χ0n) is 16.1. The van der Waals surface area contributed by atoms with Crippen LogP contribution in [0.15, 0.2) is 11.1 Å². The van der Waals surface area contributed by atoms with Crippen molar-refractivity contribution in [3.63, 3.8) is 0 Å². The number of amides is 1. The normalized spacial score (nSPS) is 24.4. The third kappa shape index (κ3) is 3.84. The maximum absolute atomic E-state index is 13.1. The molecule has 1 amide bonds. The molecule has 9 heteroatoms. The number of nitrogens with zero attached hydrogens (tertiary/aromatic N) is 3. The molecule has 4 heterocycles. The van der Waals surface area contributed by atoms with Crippen LogP contribution in [0.25, 0.3) is 10.2 Å². The second-order valence-corrected chi connectivity index (χ2v) is 8.73. The Morgan fingerprint density at radius 2 is 2.11 bits per heavy atom. The van der Waals surface area contributed by atoms with E-state index in [1.54, 1.807) is 6.92 Å². The van der Waals surface area contributed by atoms with E-state index in [9.17, 15) is 14.7 Å². The van der Waals surface area contributed by atoms with Crippen molar-refractivity contribution in [1.82, 2.24) is 19.8 Å². The number of β-amino-alcohol motifs (C(OH)–C–C–N with tert-alkyl or cyclic N) is 1. The lowest BCUT2D eigenvalue weighted by Crippen LogP contribution is -2.48. The first-order chi connectivity index (χ1) is 13.5. The summed E-state index contributed by atoms with van der Waals surface area (Å²) in [5, 5.41) is 11.6. The lowest BCUT2D eigenvalue weighted by Gasteiger charge is -2.35. The Labute approximate surface area is 167 Å². The Morgan fingerprint density at radius 3 is 2.86 bits per heavy atom. The van der Waals surface area contributed by atoms with Gasteiger partial charge in [-0.3, -0.25) is 14.5 Å². The Hall–Kier alpha value is -1.81. The van der Waals surface area contributed by atoms with Gasteiger partial charge in [-0.1, -0.05) is 0 Å². The van der Waals surface area contributed by atoms with Gasteiger partial charge in [-0.05, 0) is 31.7 Å². The number of carbonyl (C=O) groups is 1. The van der Waals surface area contributed by atoms with Gasteiger partial charge < -0.3 is 19.7 Å². The molecule has 4 rings (SSSR count). The number of thiophene rings is 1. The summed E-state index contributed by atoms with van der Waals surface area (Å²) in [5.41, 5.74) is -0.305. The Morgan fingerprint density at radius 1 is 1.32 bits per heavy atom. The molecule has 0 aliphatic carbocycles. The summed E-state index contributed by atoms with van der Waals surface area (Å²) in [5.74, 6) is -0.0736. The predicted molar refractivity (Wildman–Crippen MR) is 107 cm³/mol. The first-order valence-corrected chi connectivity index (χ1v) is 10.6. The summed E-state index contributed by atoms with van der Waals surface area (Å²) in [7, 11) is 0. The van der Waals surface area contributed by atoms with E-state index in [0.717, 1.165) is 19.5 Å². The number of ether oxygens (including phenoxy) is 1. The van der Waals surface area contributed by atoms with Gasteiger partial charge in [0.2, 0.25) is 0 Å². The monoisotopic (exact) mass is 406 g/mol. The van der Waals surface area contributed by atoms with Gasteiger partial charge in [0.15, 0.2) is 0 Å². The number of aromatic nitrogens is 2. The van der Waals surface area contributed by atoms with Gasteiger partial charge in [0, 0.05) is 32.7 Å². The molecule has 0 aromatic carbocycles. The van der Waals surface area contributed by atoms with Gasteiger partial charge in [-0.25, -0.2) is 4.98 Å². The van der Waals surface area contributed by atoms with E-state index >= 15 is 0 Å². The molecule has 1 atom stereocenters. The van der Waals surface area contributed by atoms with Crippen molar-refractivity contribution in [3.05, 3.63) is 27.1 Å². The highest BCUT2D eigenvalue weighted by atomic mass is 32.1. The molecule has 0 bridgehead atoms. The highest BCUT2D eigenvalue weighted by Crippen LogP contribution is 2.30. The molecule has 2 saturated heterocycles. The number of aromatic amines is 1. The number of hydrogen-bond acceptors (Lipinski definition) is 7. The van der Waals surface area contributed by atoms with Crippen LogP contribution in [0, 0.1) is 6.92 Å². The maximum atomic E-state index is 13.1. The van der Waals surface area contributed by atoms with Crippen LogP contribution in [0.2, 0.25) is 0 Å². The Bertz CT molecular complexity index is 920. The largest absolute Gasteiger partial charge is 0.388 e. The van der Waals surface area contributed by atoms with Gasteiger partial charge >= 0.3 is 0 Å². The molecule has 2 N–H and O–H groups in total. The summed E-state index contributed by atoms with van der Waals surface area (Å²) in [6.45, 7) is 6.65. The molecule has 2 aliphatic rings. The van der Waals surface area contributed by atoms with Crippen molar-refractivity contribution in [3.8, 4) is 0 Å². The van der Waals surface area contributed by atoms with E-state index in [2.05, 4.69) is 14.9 Å². The third-order valence-electron chi connectivity index (χ3n) is 5.75. The second-order valence-electron chi connectivity index (χ2n) is 7.73. The van der Waals surface area contributed by atoms with Crippen molar-refractivity contribution in [2.45, 2.75) is 31.8 Å². The molecule has 28 heavy (non-hydrogen) atoms. The Balaban J connectivity index is 1.48. The smallest absolute Gasteiger partial charge is 0.264 e. The van der Waals surface area contributed by atoms with Crippen LogP contribution in [-0.2, 0) is 4.74 Å². The van der Waals surface area contributed by atoms with E-state index < -0.39 is 5.60 Å². The van der Waals surface area contributed by atoms with Crippen LogP contribution in [0.3, 0.4) is 0 Å². The van der Waals surface area contributed by atoms with Crippen molar-refractivity contribution in [2.75, 3.05) is 45.9 Å². The SMILES string of the molecule is Cc1c(C(=O)N2CCC[C@](O)(CN3CCOCC3)CC2)sc2nc[nH]c(=O)c12. The number of morpholine rings is 1. The number of likely N-dealkylation sites (tertiary alicyclic amines) is 1. The number of fused-ring (bicyclic) bond motifs is 1. The second kappa shape index (κ2) is 7.90. The minimum absolute atomic E-state index is 0.0736. The highest BCUT2D eigenvalue weighted by molar-refractivity contribution is 7.20. The number of hydrogen-bond donors (Lipinski definition) is 2. The number of carbonyl (C=O) groups excluding carboxylic acids is 1. The molecule has 2 fully saturated rings. The van der Waals surface area contributed by atoms with E-state index in [0.29, 0.717) is 66.3 Å². The average Bonchev–Trinajstić information content (AvgIpc) is 2.90. The van der Waals surface area contributed by atoms with Crippen molar-refractivity contribution >= 4 is 27.5 Å². The molecular weight excluding hydrogens is 380 g/mol. The predicted octanol–water partition coefficient (Wildman–Crippen LogP) is 0.982. The van der Waals surface area contributed by atoms with Crippen LogP contribution in [0.5, 0.6) is 0 Å². The first-order valence-electron chi connectivity index (χ1n) is 9.75. The van der Waals surface area contributed by atoms with E-state index in [1.807, 2.05) is 4.90 Å². The fourth-order valence-electron chi connectivity index (χ4n) is 4.14. The topological polar surface area (TPSA) is 98.8 Å². The van der Waals surface area contributed by atoms with Crippen LogP contribution in [0.4, 0.5) is 0 Å². The zero-order valence-corrected chi connectivity index (χ0v) is 16.9. The molecule has 2 aromatic heterocycles. The first kappa shape index (κ1) is 19.5. The standard InChI is InChI=1S/C19H26N4O4S/c1-13-14-16(24)20-12-21-17(14)28-15(13)18(25)23-5-2-3-19(26,4-6-23)11-22-7-9-27-10-8-22/h12,26H,2-11H2,1H3,(H,20,21,24)/t19-/m1/s1. The van der Waals surface area contributed by atoms with Crippen LogP contribution >= 0.6 is 11.3 Å². The zero-order chi connectivity index (χ0) is 19.7. The van der Waals surface area contributed by atoms with Gasteiger partial charge in [0.25, 0.3) is 11.5 Å². The molecule has 0 saturated carbocycles. The van der Waals surface area contributed by atoms with Crippen molar-refractivity contribution < 1.29 is 14.6 Å². The van der Waals surface area contributed by atoms with Crippen LogP contribution in [0.1, 0.15) is 34.5 Å². The quantitative estimate of drug-likeness (QED) is 0.789. The molecular formula is C19H26N4O4S. The number of aliphatic hydroxyl groups is 1. The third-order valence-corrected chi connectivity index (χ3v) is 6.94. The molecule has 0 spiro atoms. The van der Waals surface area contributed by atoms with Gasteiger partial charge in [0.1, 0.15) is 4.83 Å². The van der Waals surface area contributed by atoms with Gasteiger partial charge in [0.05, 0.1) is 35.4 Å². The van der Waals surface area contributed by atoms with E-state index in [-0.39, 0.29) is 11.5 Å². The summed E-state index contributed by atoms with van der Waals surface area (Å²) in [4.78, 5) is 37.2. The maximum Gasteiger partial charge on any atom is 0.264 e. The van der Waals surface area contributed by atoms with Gasteiger partial charge in [-0.15, -0.1) is 11.3 Å².